The Morgan fingerprint density at radius 2 is 1.94 bits per heavy atom. The molecule has 0 saturated carbocycles. The second-order valence-corrected chi connectivity index (χ2v) is 3.48. The number of halogens is 3. The number of nitrogen functional groups attached to an aromatic ring is 1. The van der Waals surface area contributed by atoms with Crippen LogP contribution in [0, 0.1) is 0 Å². The number of hydrogen-bond donors (Lipinski definition) is 1. The molecule has 1 aromatic carbocycles. The highest BCUT2D eigenvalue weighted by atomic mass is 19.4. The van der Waals surface area contributed by atoms with Gasteiger partial charge in [0.2, 0.25) is 0 Å². The first-order chi connectivity index (χ1) is 7.92. The fourth-order valence-corrected chi connectivity index (χ4v) is 1.26. The number of anilines is 1. The summed E-state index contributed by atoms with van der Waals surface area (Å²) >= 11 is 0. The molecule has 2 N–H and O–H groups in total. The van der Waals surface area contributed by atoms with E-state index in [4.69, 9.17) is 15.2 Å². The molecule has 0 aromatic heterocycles. The van der Waals surface area contributed by atoms with Crippen LogP contribution in [-0.2, 0) is 0 Å². The molecular weight excluding hydrogens is 235 g/mol. The Bertz CT molecular complexity index is 366. The lowest BCUT2D eigenvalue weighted by atomic mass is 10.3. The summed E-state index contributed by atoms with van der Waals surface area (Å²) < 4.78 is 45.8. The molecule has 0 amide bonds. The molecular formula is C11H14F3NO2. The largest absolute Gasteiger partial charge is 0.493 e. The molecule has 0 unspecified atom stereocenters. The van der Waals surface area contributed by atoms with E-state index in [1.165, 1.54) is 7.11 Å². The number of rotatable bonds is 5. The van der Waals surface area contributed by atoms with Gasteiger partial charge in [0.25, 0.3) is 0 Å². The van der Waals surface area contributed by atoms with Gasteiger partial charge in [0, 0.05) is 18.2 Å². The molecule has 1 aromatic rings. The van der Waals surface area contributed by atoms with Crippen LogP contribution in [-0.4, -0.2) is 19.9 Å². The van der Waals surface area contributed by atoms with Gasteiger partial charge < -0.3 is 15.2 Å². The summed E-state index contributed by atoms with van der Waals surface area (Å²) in [4.78, 5) is 0. The van der Waals surface area contributed by atoms with Crippen molar-refractivity contribution < 1.29 is 22.6 Å². The zero-order valence-electron chi connectivity index (χ0n) is 9.38. The van der Waals surface area contributed by atoms with Crippen LogP contribution in [0.25, 0.3) is 0 Å². The van der Waals surface area contributed by atoms with Crippen LogP contribution >= 0.6 is 0 Å². The second-order valence-electron chi connectivity index (χ2n) is 3.48. The molecule has 0 aliphatic heterocycles. The molecule has 0 heterocycles. The third-order valence-electron chi connectivity index (χ3n) is 2.05. The van der Waals surface area contributed by atoms with E-state index < -0.39 is 12.6 Å². The van der Waals surface area contributed by atoms with Crippen molar-refractivity contribution in [3.05, 3.63) is 18.2 Å². The van der Waals surface area contributed by atoms with Gasteiger partial charge in [-0.25, -0.2) is 0 Å². The van der Waals surface area contributed by atoms with Crippen molar-refractivity contribution in [2.24, 2.45) is 0 Å². The third kappa shape index (κ3) is 4.84. The maximum absolute atomic E-state index is 11.9. The lowest BCUT2D eigenvalue weighted by molar-refractivity contribution is -0.136. The highest BCUT2D eigenvalue weighted by molar-refractivity contribution is 5.51. The van der Waals surface area contributed by atoms with Crippen LogP contribution in [0.3, 0.4) is 0 Å². The first-order valence-corrected chi connectivity index (χ1v) is 5.05. The Balaban J connectivity index is 2.46. The second kappa shape index (κ2) is 5.65. The standard InChI is InChI=1S/C11H14F3NO2/c1-16-10-7-8(15)3-4-9(10)17-6-2-5-11(12,13)14/h3-4,7H,2,5-6,15H2,1H3. The zero-order chi connectivity index (χ0) is 12.9. The van der Waals surface area contributed by atoms with E-state index in [-0.39, 0.29) is 13.0 Å². The Hall–Kier alpha value is -1.59. The van der Waals surface area contributed by atoms with Crippen LogP contribution in [0.4, 0.5) is 18.9 Å². The first kappa shape index (κ1) is 13.5. The van der Waals surface area contributed by atoms with Gasteiger partial charge >= 0.3 is 6.18 Å². The maximum atomic E-state index is 11.9. The maximum Gasteiger partial charge on any atom is 0.389 e. The van der Waals surface area contributed by atoms with E-state index in [0.717, 1.165) is 0 Å². The predicted octanol–water partition coefficient (Wildman–Crippen LogP) is 3.00. The minimum absolute atomic E-state index is 0.0141. The Morgan fingerprint density at radius 3 is 2.53 bits per heavy atom. The van der Waals surface area contributed by atoms with Crippen molar-refractivity contribution in [3.8, 4) is 11.5 Å². The summed E-state index contributed by atoms with van der Waals surface area (Å²) in [5.41, 5.74) is 6.03. The van der Waals surface area contributed by atoms with E-state index in [2.05, 4.69) is 0 Å². The Morgan fingerprint density at radius 1 is 1.24 bits per heavy atom. The van der Waals surface area contributed by atoms with Gasteiger partial charge in [0.15, 0.2) is 11.5 Å². The molecule has 1 rings (SSSR count). The van der Waals surface area contributed by atoms with Crippen molar-refractivity contribution in [2.45, 2.75) is 19.0 Å². The van der Waals surface area contributed by atoms with Crippen LogP contribution in [0.2, 0.25) is 0 Å². The summed E-state index contributed by atoms with van der Waals surface area (Å²) in [7, 11) is 1.44. The molecule has 0 aliphatic carbocycles. The summed E-state index contributed by atoms with van der Waals surface area (Å²) in [6.45, 7) is -0.0141. The van der Waals surface area contributed by atoms with Crippen LogP contribution in [0.1, 0.15) is 12.8 Å². The summed E-state index contributed by atoms with van der Waals surface area (Å²) in [6.07, 6.45) is -5.09. The van der Waals surface area contributed by atoms with Gasteiger partial charge in [0.05, 0.1) is 13.7 Å². The van der Waals surface area contributed by atoms with Gasteiger partial charge in [-0.1, -0.05) is 0 Å². The molecule has 0 aliphatic rings. The van der Waals surface area contributed by atoms with Crippen LogP contribution in [0.5, 0.6) is 11.5 Å². The van der Waals surface area contributed by atoms with E-state index in [9.17, 15) is 13.2 Å². The molecule has 0 atom stereocenters. The van der Waals surface area contributed by atoms with Gasteiger partial charge in [-0.2, -0.15) is 13.2 Å². The summed E-state index contributed by atoms with van der Waals surface area (Å²) in [5.74, 6) is 0.806. The molecule has 0 radical (unpaired) electrons. The van der Waals surface area contributed by atoms with Crippen LogP contribution < -0.4 is 15.2 Å². The highest BCUT2D eigenvalue weighted by Crippen LogP contribution is 2.29. The fourth-order valence-electron chi connectivity index (χ4n) is 1.26. The topological polar surface area (TPSA) is 44.5 Å². The molecule has 0 bridgehead atoms. The van der Waals surface area contributed by atoms with Gasteiger partial charge in [-0.05, 0) is 18.6 Å². The molecule has 0 spiro atoms. The van der Waals surface area contributed by atoms with Crippen molar-refractivity contribution in [3.63, 3.8) is 0 Å². The monoisotopic (exact) mass is 249 g/mol. The summed E-state index contributed by atoms with van der Waals surface area (Å²) in [6, 6.07) is 4.72. The average molecular weight is 249 g/mol. The fraction of sp³-hybridized carbons (Fsp3) is 0.455. The average Bonchev–Trinajstić information content (AvgIpc) is 2.24. The lowest BCUT2D eigenvalue weighted by Gasteiger charge is -2.11. The van der Waals surface area contributed by atoms with Gasteiger partial charge in [-0.15, -0.1) is 0 Å². The van der Waals surface area contributed by atoms with Gasteiger partial charge in [0.1, 0.15) is 0 Å². The third-order valence-corrected chi connectivity index (χ3v) is 2.05. The first-order valence-electron chi connectivity index (χ1n) is 5.05. The molecule has 0 saturated heterocycles. The van der Waals surface area contributed by atoms with Crippen molar-refractivity contribution in [2.75, 3.05) is 19.5 Å². The molecule has 6 heteroatoms. The van der Waals surface area contributed by atoms with Crippen molar-refractivity contribution in [1.29, 1.82) is 0 Å². The Labute approximate surface area is 97.3 Å². The smallest absolute Gasteiger partial charge is 0.389 e. The molecule has 96 valence electrons. The van der Waals surface area contributed by atoms with Gasteiger partial charge in [-0.3, -0.25) is 0 Å². The lowest BCUT2D eigenvalue weighted by Crippen LogP contribution is -2.10. The Kier molecular flexibility index (Phi) is 4.48. The molecule has 3 nitrogen and oxygen atoms in total. The minimum atomic E-state index is -4.14. The van der Waals surface area contributed by atoms with E-state index in [0.29, 0.717) is 17.2 Å². The van der Waals surface area contributed by atoms with E-state index in [1.54, 1.807) is 18.2 Å². The van der Waals surface area contributed by atoms with Crippen molar-refractivity contribution in [1.82, 2.24) is 0 Å². The normalized spacial score (nSPS) is 11.3. The number of alkyl halides is 3. The van der Waals surface area contributed by atoms with Crippen molar-refractivity contribution >= 4 is 5.69 Å². The molecule has 17 heavy (non-hydrogen) atoms. The van der Waals surface area contributed by atoms with Crippen LogP contribution in [0.15, 0.2) is 18.2 Å². The predicted molar refractivity (Wildman–Crippen MR) is 58.2 cm³/mol. The van der Waals surface area contributed by atoms with E-state index in [1.807, 2.05) is 0 Å². The minimum Gasteiger partial charge on any atom is -0.493 e. The number of ether oxygens (including phenoxy) is 2. The quantitative estimate of drug-likeness (QED) is 0.644. The molecule has 0 fully saturated rings. The summed E-state index contributed by atoms with van der Waals surface area (Å²) in [5, 5.41) is 0. The SMILES string of the molecule is COc1cc(N)ccc1OCCCC(F)(F)F. The zero-order valence-corrected chi connectivity index (χ0v) is 9.38. The number of methoxy groups -OCH3 is 1. The number of nitrogens with two attached hydrogens (primary N) is 1. The highest BCUT2D eigenvalue weighted by Gasteiger charge is 2.26. The number of hydrogen-bond acceptors (Lipinski definition) is 3. The van der Waals surface area contributed by atoms with E-state index >= 15 is 0 Å². The number of benzene rings is 1.